The minimum absolute atomic E-state index is 0.310. The van der Waals surface area contributed by atoms with Crippen LogP contribution in [0.1, 0.15) is 31.3 Å². The smallest absolute Gasteiger partial charge is 0.308 e. The Morgan fingerprint density at radius 2 is 1.92 bits per heavy atom. The number of carbonyl (C=O) groups is 2. The molecule has 0 aliphatic rings. The van der Waals surface area contributed by atoms with Gasteiger partial charge >= 0.3 is 5.97 Å². The number of tetrazole rings is 1. The molecule has 0 bridgehead atoms. The molecular formula is C16H21N5O3. The van der Waals surface area contributed by atoms with Gasteiger partial charge in [0.25, 0.3) is 0 Å². The van der Waals surface area contributed by atoms with Gasteiger partial charge in [-0.3, -0.25) is 9.59 Å². The van der Waals surface area contributed by atoms with Crippen LogP contribution in [0.5, 0.6) is 0 Å². The Hall–Kier alpha value is -2.77. The summed E-state index contributed by atoms with van der Waals surface area (Å²) in [5, 5.41) is 23.2. The van der Waals surface area contributed by atoms with Crippen molar-refractivity contribution in [2.24, 2.45) is 5.92 Å². The van der Waals surface area contributed by atoms with Crippen LogP contribution in [0.15, 0.2) is 30.3 Å². The van der Waals surface area contributed by atoms with Crippen molar-refractivity contribution in [1.29, 1.82) is 0 Å². The average Bonchev–Trinajstić information content (AvgIpc) is 2.98. The number of benzene rings is 1. The van der Waals surface area contributed by atoms with Gasteiger partial charge in [0.2, 0.25) is 5.91 Å². The zero-order valence-corrected chi connectivity index (χ0v) is 13.9. The van der Waals surface area contributed by atoms with E-state index >= 15 is 0 Å². The summed E-state index contributed by atoms with van der Waals surface area (Å²) in [7, 11) is 0. The molecule has 0 aliphatic heterocycles. The molecule has 8 heteroatoms. The molecule has 1 amide bonds. The first-order valence-corrected chi connectivity index (χ1v) is 7.71. The van der Waals surface area contributed by atoms with Crippen LogP contribution in [0.2, 0.25) is 0 Å². The number of carbonyl (C=O) groups excluding carboxylic acids is 1. The minimum Gasteiger partial charge on any atom is -0.481 e. The lowest BCUT2D eigenvalue weighted by atomic mass is 10.0. The summed E-state index contributed by atoms with van der Waals surface area (Å²) in [6.07, 6.45) is 0.409. The van der Waals surface area contributed by atoms with Gasteiger partial charge in [0.1, 0.15) is 11.9 Å². The van der Waals surface area contributed by atoms with Crippen molar-refractivity contribution in [1.82, 2.24) is 25.5 Å². The standard InChI is InChI=1S/C16H21N5O3/c1-10(16(23)24)11(2)17-15(22)14(21-12(3)18-19-20-21)9-13-7-5-4-6-8-13/h4-8,10-11,14H,9H2,1-3H3,(H,17,22)(H,23,24). The molecule has 1 heterocycles. The fraction of sp³-hybridized carbons (Fsp3) is 0.438. The number of carboxylic acid groups (broad SMARTS) is 1. The first-order valence-electron chi connectivity index (χ1n) is 7.71. The number of hydrogen-bond donors (Lipinski definition) is 2. The third-order valence-electron chi connectivity index (χ3n) is 4.04. The van der Waals surface area contributed by atoms with E-state index in [-0.39, 0.29) is 5.91 Å². The second kappa shape index (κ2) is 7.67. The van der Waals surface area contributed by atoms with E-state index < -0.39 is 24.0 Å². The summed E-state index contributed by atoms with van der Waals surface area (Å²) in [5.74, 6) is -1.44. The summed E-state index contributed by atoms with van der Waals surface area (Å²) < 4.78 is 1.46. The Balaban J connectivity index is 2.21. The van der Waals surface area contributed by atoms with Crippen LogP contribution >= 0.6 is 0 Å². The molecule has 3 atom stereocenters. The molecule has 0 saturated heterocycles. The van der Waals surface area contributed by atoms with Gasteiger partial charge in [0.15, 0.2) is 0 Å². The summed E-state index contributed by atoms with van der Waals surface area (Å²) in [6, 6.07) is 8.37. The highest BCUT2D eigenvalue weighted by Gasteiger charge is 2.28. The molecule has 0 fully saturated rings. The molecule has 128 valence electrons. The van der Waals surface area contributed by atoms with Crippen molar-refractivity contribution < 1.29 is 14.7 Å². The normalized spacial score (nSPS) is 14.6. The molecule has 0 radical (unpaired) electrons. The largest absolute Gasteiger partial charge is 0.481 e. The van der Waals surface area contributed by atoms with Crippen molar-refractivity contribution in [2.45, 2.75) is 39.3 Å². The lowest BCUT2D eigenvalue weighted by Gasteiger charge is -2.22. The first-order chi connectivity index (χ1) is 11.4. The first kappa shape index (κ1) is 17.6. The highest BCUT2D eigenvalue weighted by molar-refractivity contribution is 5.81. The Morgan fingerprint density at radius 1 is 1.25 bits per heavy atom. The van der Waals surface area contributed by atoms with E-state index in [0.29, 0.717) is 12.2 Å². The maximum atomic E-state index is 12.7. The van der Waals surface area contributed by atoms with Gasteiger partial charge < -0.3 is 10.4 Å². The molecule has 1 aromatic carbocycles. The lowest BCUT2D eigenvalue weighted by Crippen LogP contribution is -2.44. The third kappa shape index (κ3) is 4.15. The van der Waals surface area contributed by atoms with E-state index in [1.54, 1.807) is 20.8 Å². The molecule has 0 spiro atoms. The number of nitrogens with zero attached hydrogens (tertiary/aromatic N) is 4. The topological polar surface area (TPSA) is 110 Å². The molecule has 3 unspecified atom stereocenters. The van der Waals surface area contributed by atoms with E-state index in [1.165, 1.54) is 4.68 Å². The SMILES string of the molecule is Cc1nnnn1C(Cc1ccccc1)C(=O)NC(C)C(C)C(=O)O. The van der Waals surface area contributed by atoms with Crippen LogP contribution in [-0.2, 0) is 16.0 Å². The monoisotopic (exact) mass is 331 g/mol. The van der Waals surface area contributed by atoms with Gasteiger partial charge in [-0.1, -0.05) is 30.3 Å². The van der Waals surface area contributed by atoms with Gasteiger partial charge in [0, 0.05) is 12.5 Å². The van der Waals surface area contributed by atoms with E-state index in [0.717, 1.165) is 5.56 Å². The molecule has 0 aliphatic carbocycles. The summed E-state index contributed by atoms with van der Waals surface area (Å²) in [4.78, 5) is 23.8. The molecule has 24 heavy (non-hydrogen) atoms. The van der Waals surface area contributed by atoms with Gasteiger partial charge in [-0.25, -0.2) is 4.68 Å². The van der Waals surface area contributed by atoms with Crippen LogP contribution in [-0.4, -0.2) is 43.2 Å². The zero-order chi connectivity index (χ0) is 17.7. The number of carboxylic acids is 1. The molecule has 2 N–H and O–H groups in total. The van der Waals surface area contributed by atoms with Crippen LogP contribution < -0.4 is 5.32 Å². The van der Waals surface area contributed by atoms with Crippen molar-refractivity contribution in [3.05, 3.63) is 41.7 Å². The highest BCUT2D eigenvalue weighted by Crippen LogP contribution is 2.16. The van der Waals surface area contributed by atoms with Gasteiger partial charge in [0.05, 0.1) is 5.92 Å². The van der Waals surface area contributed by atoms with Crippen LogP contribution in [0.25, 0.3) is 0 Å². The number of nitrogens with one attached hydrogen (secondary N) is 1. The predicted molar refractivity (Wildman–Crippen MR) is 86.1 cm³/mol. The highest BCUT2D eigenvalue weighted by atomic mass is 16.4. The molecule has 0 saturated carbocycles. The fourth-order valence-electron chi connectivity index (χ4n) is 2.31. The molecule has 2 aromatic rings. The molecule has 2 rings (SSSR count). The van der Waals surface area contributed by atoms with Crippen LogP contribution in [0.4, 0.5) is 0 Å². The van der Waals surface area contributed by atoms with E-state index in [2.05, 4.69) is 20.8 Å². The zero-order valence-electron chi connectivity index (χ0n) is 13.9. The van der Waals surface area contributed by atoms with Crippen molar-refractivity contribution >= 4 is 11.9 Å². The van der Waals surface area contributed by atoms with E-state index in [1.807, 2.05) is 30.3 Å². The summed E-state index contributed by atoms with van der Waals surface area (Å²) >= 11 is 0. The Labute approximate surface area is 139 Å². The molecule has 1 aromatic heterocycles. The van der Waals surface area contributed by atoms with Crippen molar-refractivity contribution in [2.75, 3.05) is 0 Å². The number of hydrogen-bond acceptors (Lipinski definition) is 5. The van der Waals surface area contributed by atoms with Gasteiger partial charge in [-0.2, -0.15) is 0 Å². The Bertz CT molecular complexity index is 701. The lowest BCUT2D eigenvalue weighted by molar-refractivity contribution is -0.142. The molecule has 8 nitrogen and oxygen atoms in total. The minimum atomic E-state index is -0.957. The second-order valence-corrected chi connectivity index (χ2v) is 5.80. The Morgan fingerprint density at radius 3 is 2.46 bits per heavy atom. The maximum absolute atomic E-state index is 12.7. The van der Waals surface area contributed by atoms with E-state index in [4.69, 9.17) is 5.11 Å². The van der Waals surface area contributed by atoms with E-state index in [9.17, 15) is 9.59 Å². The van der Waals surface area contributed by atoms with Crippen molar-refractivity contribution in [3.63, 3.8) is 0 Å². The average molecular weight is 331 g/mol. The molecular weight excluding hydrogens is 310 g/mol. The fourth-order valence-corrected chi connectivity index (χ4v) is 2.31. The van der Waals surface area contributed by atoms with Crippen LogP contribution in [0, 0.1) is 12.8 Å². The van der Waals surface area contributed by atoms with Gasteiger partial charge in [-0.15, -0.1) is 5.10 Å². The van der Waals surface area contributed by atoms with Crippen molar-refractivity contribution in [3.8, 4) is 0 Å². The van der Waals surface area contributed by atoms with Gasteiger partial charge in [-0.05, 0) is 36.8 Å². The maximum Gasteiger partial charge on any atom is 0.308 e. The van der Waals surface area contributed by atoms with Crippen LogP contribution in [0.3, 0.4) is 0 Å². The Kier molecular flexibility index (Phi) is 5.62. The number of aromatic nitrogens is 4. The predicted octanol–water partition coefficient (Wildman–Crippen LogP) is 0.991. The quantitative estimate of drug-likeness (QED) is 0.783. The summed E-state index contributed by atoms with van der Waals surface area (Å²) in [6.45, 7) is 4.94. The third-order valence-corrected chi connectivity index (χ3v) is 4.04. The number of rotatable bonds is 7. The number of aryl methyl sites for hydroxylation is 1. The number of aliphatic carboxylic acids is 1. The number of amides is 1. The summed E-state index contributed by atoms with van der Waals surface area (Å²) in [5.41, 5.74) is 0.964. The second-order valence-electron chi connectivity index (χ2n) is 5.80.